The quantitative estimate of drug-likeness (QED) is 0.577. The van der Waals surface area contributed by atoms with Gasteiger partial charge in [0.05, 0.1) is 13.0 Å². The molecule has 0 atom stereocenters. The van der Waals surface area contributed by atoms with Gasteiger partial charge in [0.15, 0.2) is 11.2 Å². The number of nitrogens with zero attached hydrogens (tertiary/aromatic N) is 5. The van der Waals surface area contributed by atoms with E-state index in [-0.39, 0.29) is 0 Å². The summed E-state index contributed by atoms with van der Waals surface area (Å²) in [6.07, 6.45) is 3.67. The van der Waals surface area contributed by atoms with Crippen molar-refractivity contribution < 1.29 is 4.74 Å². The monoisotopic (exact) mass is 297 g/mol. The van der Waals surface area contributed by atoms with Crippen LogP contribution in [0.2, 0.25) is 0 Å². The zero-order valence-electron chi connectivity index (χ0n) is 12.1. The van der Waals surface area contributed by atoms with E-state index >= 15 is 0 Å². The summed E-state index contributed by atoms with van der Waals surface area (Å²) in [7, 11) is 5.74. The van der Waals surface area contributed by atoms with E-state index in [0.29, 0.717) is 17.3 Å². The second-order valence-corrected chi connectivity index (χ2v) is 5.15. The Hall–Kier alpha value is -1.40. The van der Waals surface area contributed by atoms with Crippen molar-refractivity contribution >= 4 is 22.8 Å². The number of fused-ring (bicyclic) bond motifs is 1. The molecule has 2 rings (SSSR count). The fourth-order valence-corrected chi connectivity index (χ4v) is 2.35. The topological polar surface area (TPSA) is 56.1 Å². The lowest BCUT2D eigenvalue weighted by Gasteiger charge is -2.10. The van der Waals surface area contributed by atoms with Crippen LogP contribution >= 0.6 is 11.6 Å². The minimum atomic E-state index is 0.354. The zero-order chi connectivity index (χ0) is 14.5. The van der Waals surface area contributed by atoms with Crippen molar-refractivity contribution in [1.29, 1.82) is 0 Å². The zero-order valence-corrected chi connectivity index (χ0v) is 12.9. The van der Waals surface area contributed by atoms with Crippen molar-refractivity contribution in [2.24, 2.45) is 0 Å². The smallest absolute Gasteiger partial charge is 0.245 e. The molecule has 2 heterocycles. The molecule has 0 spiro atoms. The van der Waals surface area contributed by atoms with Crippen molar-refractivity contribution in [2.45, 2.75) is 25.3 Å². The predicted molar refractivity (Wildman–Crippen MR) is 79.2 cm³/mol. The van der Waals surface area contributed by atoms with Gasteiger partial charge in [0.25, 0.3) is 0 Å². The SMILES string of the molecule is COc1ncnc2c1nc(CCl)n2CCCCN(C)C. The molecule has 0 bridgehead atoms. The standard InChI is InChI=1S/C13H20ClN5O/c1-18(2)6-4-5-7-19-10(8-14)17-11-12(19)15-9-16-13(11)20-3/h9H,4-8H2,1-3H3. The highest BCUT2D eigenvalue weighted by atomic mass is 35.5. The number of rotatable bonds is 7. The summed E-state index contributed by atoms with van der Waals surface area (Å²) >= 11 is 5.98. The number of hydrogen-bond acceptors (Lipinski definition) is 5. The number of ether oxygens (including phenoxy) is 1. The van der Waals surface area contributed by atoms with Gasteiger partial charge in [-0.2, -0.15) is 4.98 Å². The Morgan fingerprint density at radius 3 is 2.75 bits per heavy atom. The Balaban J connectivity index is 2.22. The molecule has 0 aliphatic rings. The number of halogens is 1. The summed E-state index contributed by atoms with van der Waals surface area (Å²) in [4.78, 5) is 15.1. The molecule has 0 saturated heterocycles. The van der Waals surface area contributed by atoms with Gasteiger partial charge in [-0.25, -0.2) is 9.97 Å². The fraction of sp³-hybridized carbons (Fsp3) is 0.615. The molecule has 6 nitrogen and oxygen atoms in total. The Morgan fingerprint density at radius 1 is 1.30 bits per heavy atom. The molecule has 0 fully saturated rings. The first-order chi connectivity index (χ1) is 9.67. The van der Waals surface area contributed by atoms with E-state index in [0.717, 1.165) is 37.4 Å². The first-order valence-corrected chi connectivity index (χ1v) is 7.15. The van der Waals surface area contributed by atoms with Gasteiger partial charge in [0.1, 0.15) is 12.2 Å². The minimum Gasteiger partial charge on any atom is -0.479 e. The summed E-state index contributed by atoms with van der Waals surface area (Å²) < 4.78 is 7.28. The number of imidazole rings is 1. The molecule has 0 radical (unpaired) electrons. The maximum absolute atomic E-state index is 5.98. The van der Waals surface area contributed by atoms with Gasteiger partial charge in [-0.1, -0.05) is 0 Å². The second kappa shape index (κ2) is 6.85. The van der Waals surface area contributed by atoms with Gasteiger partial charge in [-0.05, 0) is 33.5 Å². The number of aromatic nitrogens is 4. The molecule has 0 unspecified atom stereocenters. The summed E-state index contributed by atoms with van der Waals surface area (Å²) in [5.74, 6) is 1.66. The van der Waals surface area contributed by atoms with Crippen LogP contribution in [0.3, 0.4) is 0 Å². The third-order valence-corrected chi connectivity index (χ3v) is 3.37. The van der Waals surface area contributed by atoms with Crippen LogP contribution in [0.15, 0.2) is 6.33 Å². The molecule has 0 amide bonds. The first-order valence-electron chi connectivity index (χ1n) is 6.62. The maximum atomic E-state index is 5.98. The average molecular weight is 298 g/mol. The van der Waals surface area contributed by atoms with E-state index in [1.165, 1.54) is 6.33 Å². The highest BCUT2D eigenvalue weighted by Gasteiger charge is 2.15. The lowest BCUT2D eigenvalue weighted by atomic mass is 10.3. The maximum Gasteiger partial charge on any atom is 0.245 e. The first kappa shape index (κ1) is 15.0. The van der Waals surface area contributed by atoms with E-state index in [1.54, 1.807) is 7.11 Å². The van der Waals surface area contributed by atoms with Crippen LogP contribution in [0, 0.1) is 0 Å². The van der Waals surface area contributed by atoms with Crippen molar-refractivity contribution in [3.8, 4) is 5.88 Å². The van der Waals surface area contributed by atoms with Gasteiger partial charge in [0, 0.05) is 6.54 Å². The van der Waals surface area contributed by atoms with E-state index in [2.05, 4.69) is 38.5 Å². The number of unbranched alkanes of at least 4 members (excludes halogenated alkanes) is 1. The highest BCUT2D eigenvalue weighted by Crippen LogP contribution is 2.22. The lowest BCUT2D eigenvalue weighted by molar-refractivity contribution is 0.387. The van der Waals surface area contributed by atoms with Gasteiger partial charge in [-0.15, -0.1) is 11.6 Å². The molecule has 0 aliphatic carbocycles. The molecule has 0 aromatic carbocycles. The van der Waals surface area contributed by atoms with Crippen LogP contribution in [0.25, 0.3) is 11.2 Å². The Kier molecular flexibility index (Phi) is 5.14. The summed E-state index contributed by atoms with van der Waals surface area (Å²) in [6.45, 7) is 1.92. The predicted octanol–water partition coefficient (Wildman–Crippen LogP) is 1.92. The Morgan fingerprint density at radius 2 is 2.10 bits per heavy atom. The lowest BCUT2D eigenvalue weighted by Crippen LogP contribution is -2.14. The van der Waals surface area contributed by atoms with Crippen LogP contribution in [-0.4, -0.2) is 52.2 Å². The third kappa shape index (κ3) is 3.19. The number of hydrogen-bond donors (Lipinski definition) is 0. The van der Waals surface area contributed by atoms with Gasteiger partial charge in [0.2, 0.25) is 5.88 Å². The van der Waals surface area contributed by atoms with Crippen LogP contribution in [0.5, 0.6) is 5.88 Å². The van der Waals surface area contributed by atoms with Crippen LogP contribution in [0.1, 0.15) is 18.7 Å². The molecular formula is C13H20ClN5O. The highest BCUT2D eigenvalue weighted by molar-refractivity contribution is 6.16. The minimum absolute atomic E-state index is 0.354. The molecule has 7 heteroatoms. The molecule has 2 aromatic rings. The summed E-state index contributed by atoms with van der Waals surface area (Å²) in [6, 6.07) is 0. The Labute approximate surface area is 123 Å². The Bertz CT molecular complexity index is 569. The van der Waals surface area contributed by atoms with Crippen LogP contribution in [-0.2, 0) is 12.4 Å². The summed E-state index contributed by atoms with van der Waals surface area (Å²) in [5, 5.41) is 0. The molecule has 20 heavy (non-hydrogen) atoms. The molecule has 2 aromatic heterocycles. The largest absolute Gasteiger partial charge is 0.479 e. The fourth-order valence-electron chi connectivity index (χ4n) is 2.15. The van der Waals surface area contributed by atoms with E-state index in [1.807, 2.05) is 0 Å². The molecular weight excluding hydrogens is 278 g/mol. The molecule has 0 aliphatic heterocycles. The number of alkyl halides is 1. The number of aryl methyl sites for hydroxylation is 1. The van der Waals surface area contributed by atoms with E-state index in [4.69, 9.17) is 16.3 Å². The molecule has 110 valence electrons. The third-order valence-electron chi connectivity index (χ3n) is 3.13. The van der Waals surface area contributed by atoms with Crippen LogP contribution in [0.4, 0.5) is 0 Å². The van der Waals surface area contributed by atoms with Gasteiger partial charge < -0.3 is 14.2 Å². The van der Waals surface area contributed by atoms with E-state index in [9.17, 15) is 0 Å². The normalized spacial score (nSPS) is 11.4. The van der Waals surface area contributed by atoms with Crippen molar-refractivity contribution in [3.05, 3.63) is 12.2 Å². The summed E-state index contributed by atoms with van der Waals surface area (Å²) in [5.41, 5.74) is 1.47. The van der Waals surface area contributed by atoms with Gasteiger partial charge in [-0.3, -0.25) is 0 Å². The van der Waals surface area contributed by atoms with Gasteiger partial charge >= 0.3 is 0 Å². The average Bonchev–Trinajstić information content (AvgIpc) is 2.81. The van der Waals surface area contributed by atoms with Crippen molar-refractivity contribution in [1.82, 2.24) is 24.4 Å². The van der Waals surface area contributed by atoms with Crippen molar-refractivity contribution in [2.75, 3.05) is 27.7 Å². The second-order valence-electron chi connectivity index (χ2n) is 4.88. The molecule has 0 N–H and O–H groups in total. The van der Waals surface area contributed by atoms with Crippen LogP contribution < -0.4 is 4.74 Å². The number of methoxy groups -OCH3 is 1. The van der Waals surface area contributed by atoms with E-state index < -0.39 is 0 Å². The molecule has 0 saturated carbocycles. The van der Waals surface area contributed by atoms with Crippen molar-refractivity contribution in [3.63, 3.8) is 0 Å².